The van der Waals surface area contributed by atoms with Crippen molar-refractivity contribution in [2.45, 2.75) is 34.1 Å². The van der Waals surface area contributed by atoms with Crippen molar-refractivity contribution in [2.24, 2.45) is 17.1 Å². The maximum Gasteiger partial charge on any atom is 0.0557 e. The molecule has 2 heteroatoms. The Morgan fingerprint density at radius 2 is 2.00 bits per heavy atom. The van der Waals surface area contributed by atoms with E-state index in [9.17, 15) is 0 Å². The largest absolute Gasteiger partial charge is 0.403 e. The van der Waals surface area contributed by atoms with Gasteiger partial charge in [-0.2, -0.15) is 0 Å². The predicted molar refractivity (Wildman–Crippen MR) is 60.5 cm³/mol. The Kier molecular flexibility index (Phi) is 5.16. The minimum Gasteiger partial charge on any atom is -0.403 e. The van der Waals surface area contributed by atoms with Crippen LogP contribution in [0.4, 0.5) is 0 Å². The van der Waals surface area contributed by atoms with Gasteiger partial charge >= 0.3 is 0 Å². The zero-order valence-corrected chi connectivity index (χ0v) is 9.73. The van der Waals surface area contributed by atoms with Crippen LogP contribution in [-0.4, -0.2) is 0 Å². The SMILES string of the molecule is CCC(/C=C\C(Cl)=C/N)C(C)(C)C. The van der Waals surface area contributed by atoms with Crippen LogP contribution in [0.2, 0.25) is 0 Å². The third-order valence-corrected chi connectivity index (χ3v) is 2.45. The fourth-order valence-corrected chi connectivity index (χ4v) is 1.37. The molecule has 0 radical (unpaired) electrons. The molecule has 0 aliphatic heterocycles. The summed E-state index contributed by atoms with van der Waals surface area (Å²) in [6, 6.07) is 0. The van der Waals surface area contributed by atoms with Gasteiger partial charge in [0.25, 0.3) is 0 Å². The Labute approximate surface area is 86.7 Å². The van der Waals surface area contributed by atoms with Crippen LogP contribution in [0.25, 0.3) is 0 Å². The van der Waals surface area contributed by atoms with Crippen LogP contribution >= 0.6 is 11.6 Å². The summed E-state index contributed by atoms with van der Waals surface area (Å²) in [6.07, 6.45) is 6.54. The summed E-state index contributed by atoms with van der Waals surface area (Å²) < 4.78 is 0. The highest BCUT2D eigenvalue weighted by Gasteiger charge is 2.19. The van der Waals surface area contributed by atoms with Crippen molar-refractivity contribution in [1.29, 1.82) is 0 Å². The maximum atomic E-state index is 5.77. The number of halogens is 1. The van der Waals surface area contributed by atoms with Crippen LogP contribution < -0.4 is 5.73 Å². The zero-order valence-electron chi connectivity index (χ0n) is 8.97. The van der Waals surface area contributed by atoms with Crippen molar-refractivity contribution in [3.63, 3.8) is 0 Å². The molecule has 13 heavy (non-hydrogen) atoms. The molecule has 0 spiro atoms. The molecule has 0 fully saturated rings. The monoisotopic (exact) mass is 201 g/mol. The fraction of sp³-hybridized carbons (Fsp3) is 0.636. The first kappa shape index (κ1) is 12.6. The van der Waals surface area contributed by atoms with E-state index in [2.05, 4.69) is 33.8 Å². The lowest BCUT2D eigenvalue weighted by molar-refractivity contribution is 0.286. The van der Waals surface area contributed by atoms with Crippen LogP contribution in [0.1, 0.15) is 34.1 Å². The third-order valence-electron chi connectivity index (χ3n) is 2.20. The second kappa shape index (κ2) is 5.33. The molecule has 0 aromatic heterocycles. The number of nitrogens with two attached hydrogens (primary N) is 1. The quantitative estimate of drug-likeness (QED) is 0.694. The molecule has 0 aliphatic rings. The maximum absolute atomic E-state index is 5.77. The van der Waals surface area contributed by atoms with Gasteiger partial charge in [0, 0.05) is 6.20 Å². The molecule has 0 rings (SSSR count). The highest BCUT2D eigenvalue weighted by atomic mass is 35.5. The Hall–Kier alpha value is -0.430. The van der Waals surface area contributed by atoms with Gasteiger partial charge in [-0.3, -0.25) is 0 Å². The van der Waals surface area contributed by atoms with E-state index in [1.165, 1.54) is 6.20 Å². The molecule has 0 amide bonds. The lowest BCUT2D eigenvalue weighted by atomic mass is 9.79. The van der Waals surface area contributed by atoms with Crippen molar-refractivity contribution in [3.05, 3.63) is 23.4 Å². The molecule has 0 bridgehead atoms. The topological polar surface area (TPSA) is 26.0 Å². The van der Waals surface area contributed by atoms with Crippen LogP contribution in [0, 0.1) is 11.3 Å². The Morgan fingerprint density at radius 1 is 1.46 bits per heavy atom. The zero-order chi connectivity index (χ0) is 10.5. The van der Waals surface area contributed by atoms with Crippen molar-refractivity contribution in [1.82, 2.24) is 0 Å². The van der Waals surface area contributed by atoms with E-state index < -0.39 is 0 Å². The van der Waals surface area contributed by atoms with E-state index in [1.54, 1.807) is 0 Å². The van der Waals surface area contributed by atoms with Crippen LogP contribution in [0.5, 0.6) is 0 Å². The van der Waals surface area contributed by atoms with Gasteiger partial charge < -0.3 is 5.73 Å². The van der Waals surface area contributed by atoms with Gasteiger partial charge in [-0.1, -0.05) is 45.4 Å². The molecule has 1 unspecified atom stereocenters. The molecule has 76 valence electrons. The highest BCUT2D eigenvalue weighted by Crippen LogP contribution is 2.29. The van der Waals surface area contributed by atoms with Crippen LogP contribution in [-0.2, 0) is 0 Å². The van der Waals surface area contributed by atoms with E-state index in [0.717, 1.165) is 6.42 Å². The average Bonchev–Trinajstić information content (AvgIpc) is 2.02. The molecule has 0 saturated heterocycles. The van der Waals surface area contributed by atoms with Crippen LogP contribution in [0.3, 0.4) is 0 Å². The first-order valence-electron chi connectivity index (χ1n) is 4.67. The second-order valence-corrected chi connectivity index (χ2v) is 4.73. The molecular formula is C11H20ClN. The standard InChI is InChI=1S/C11H20ClN/c1-5-9(11(2,3)4)6-7-10(12)8-13/h6-9H,5,13H2,1-4H3/b7-6-,10-8+. The van der Waals surface area contributed by atoms with Crippen molar-refractivity contribution >= 4 is 11.6 Å². The van der Waals surface area contributed by atoms with Gasteiger partial charge in [0.2, 0.25) is 0 Å². The fourth-order valence-electron chi connectivity index (χ4n) is 1.30. The van der Waals surface area contributed by atoms with Crippen LogP contribution in [0.15, 0.2) is 23.4 Å². The van der Waals surface area contributed by atoms with Gasteiger partial charge in [-0.25, -0.2) is 0 Å². The lowest BCUT2D eigenvalue weighted by Gasteiger charge is -2.26. The summed E-state index contributed by atoms with van der Waals surface area (Å²) in [5, 5.41) is 0.600. The normalized spacial score (nSPS) is 16.5. The van der Waals surface area contributed by atoms with Gasteiger partial charge in [-0.15, -0.1) is 0 Å². The Morgan fingerprint density at radius 3 is 2.31 bits per heavy atom. The molecule has 0 aromatic carbocycles. The first-order chi connectivity index (χ1) is 5.91. The predicted octanol–water partition coefficient (Wildman–Crippen LogP) is 3.65. The number of allylic oxidation sites excluding steroid dienone is 3. The summed E-state index contributed by atoms with van der Waals surface area (Å²) in [5.41, 5.74) is 5.55. The second-order valence-electron chi connectivity index (χ2n) is 4.29. The van der Waals surface area contributed by atoms with E-state index in [-0.39, 0.29) is 5.41 Å². The number of hydrogen-bond donors (Lipinski definition) is 1. The molecule has 1 atom stereocenters. The highest BCUT2D eigenvalue weighted by molar-refractivity contribution is 6.31. The van der Waals surface area contributed by atoms with Crippen molar-refractivity contribution in [2.75, 3.05) is 0 Å². The molecule has 0 aliphatic carbocycles. The molecule has 2 N–H and O–H groups in total. The summed E-state index contributed by atoms with van der Waals surface area (Å²) in [7, 11) is 0. The minimum atomic E-state index is 0.289. The summed E-state index contributed by atoms with van der Waals surface area (Å²) in [4.78, 5) is 0. The summed E-state index contributed by atoms with van der Waals surface area (Å²) in [6.45, 7) is 8.86. The number of hydrogen-bond acceptors (Lipinski definition) is 1. The van der Waals surface area contributed by atoms with Gasteiger partial charge in [0.05, 0.1) is 5.03 Å². The van der Waals surface area contributed by atoms with E-state index in [0.29, 0.717) is 11.0 Å². The van der Waals surface area contributed by atoms with Crippen molar-refractivity contribution < 1.29 is 0 Å². The lowest BCUT2D eigenvalue weighted by Crippen LogP contribution is -2.17. The summed E-state index contributed by atoms with van der Waals surface area (Å²) in [5.74, 6) is 0.543. The Bertz CT molecular complexity index is 199. The van der Waals surface area contributed by atoms with Gasteiger partial charge in [0.1, 0.15) is 0 Å². The third kappa shape index (κ3) is 4.99. The van der Waals surface area contributed by atoms with Crippen molar-refractivity contribution in [3.8, 4) is 0 Å². The minimum absolute atomic E-state index is 0.289. The van der Waals surface area contributed by atoms with Gasteiger partial charge in [0.15, 0.2) is 0 Å². The Balaban J connectivity index is 4.38. The number of rotatable bonds is 3. The van der Waals surface area contributed by atoms with Gasteiger partial charge in [-0.05, 0) is 23.8 Å². The molecular weight excluding hydrogens is 182 g/mol. The molecule has 1 nitrogen and oxygen atoms in total. The first-order valence-corrected chi connectivity index (χ1v) is 5.05. The summed E-state index contributed by atoms with van der Waals surface area (Å²) >= 11 is 5.77. The molecule has 0 heterocycles. The molecule has 0 saturated carbocycles. The van der Waals surface area contributed by atoms with E-state index in [4.69, 9.17) is 17.3 Å². The molecule has 0 aromatic rings. The van der Waals surface area contributed by atoms with E-state index >= 15 is 0 Å². The van der Waals surface area contributed by atoms with E-state index in [1.807, 2.05) is 6.08 Å². The smallest absolute Gasteiger partial charge is 0.0557 e. The average molecular weight is 202 g/mol.